The summed E-state index contributed by atoms with van der Waals surface area (Å²) >= 11 is 19.4. The molecular formula is C13H26N8S4. The Morgan fingerprint density at radius 2 is 1.28 bits per heavy atom. The summed E-state index contributed by atoms with van der Waals surface area (Å²) in [7, 11) is 3.44. The summed E-state index contributed by atoms with van der Waals surface area (Å²) in [6.45, 7) is 9.72. The Bertz CT molecular complexity index is 469. The summed E-state index contributed by atoms with van der Waals surface area (Å²) in [5, 5.41) is 13.2. The molecular weight excluding hydrogens is 396 g/mol. The predicted molar refractivity (Wildman–Crippen MR) is 122 cm³/mol. The highest BCUT2D eigenvalue weighted by Crippen LogP contribution is 1.79. The second-order valence-corrected chi connectivity index (χ2v) is 5.79. The summed E-state index contributed by atoms with van der Waals surface area (Å²) in [5.74, 6) is 0. The molecule has 0 aliphatic heterocycles. The molecule has 0 rings (SSSR count). The third-order valence-corrected chi connectivity index (χ3v) is 3.23. The van der Waals surface area contributed by atoms with Gasteiger partial charge in [-0.3, -0.25) is 21.7 Å². The maximum Gasteiger partial charge on any atom is 0.185 e. The molecule has 8 N–H and O–H groups in total. The van der Waals surface area contributed by atoms with Gasteiger partial charge in [0.25, 0.3) is 0 Å². The Kier molecular flexibility index (Phi) is 17.4. The van der Waals surface area contributed by atoms with Gasteiger partial charge in [0.15, 0.2) is 20.4 Å². The lowest BCUT2D eigenvalue weighted by Gasteiger charge is -2.14. The van der Waals surface area contributed by atoms with Crippen LogP contribution in [0.2, 0.25) is 0 Å². The van der Waals surface area contributed by atoms with Gasteiger partial charge in [-0.15, -0.1) is 13.2 Å². The molecule has 142 valence electrons. The van der Waals surface area contributed by atoms with Crippen LogP contribution in [0.25, 0.3) is 0 Å². The fourth-order valence-electron chi connectivity index (χ4n) is 0.863. The Labute approximate surface area is 171 Å². The zero-order valence-electron chi connectivity index (χ0n) is 14.5. The van der Waals surface area contributed by atoms with Crippen molar-refractivity contribution < 1.29 is 0 Å². The quantitative estimate of drug-likeness (QED) is 0.173. The van der Waals surface area contributed by atoms with Gasteiger partial charge in [0.05, 0.1) is 0 Å². The smallest absolute Gasteiger partial charge is 0.185 e. The van der Waals surface area contributed by atoms with E-state index in [2.05, 4.69) is 56.1 Å². The van der Waals surface area contributed by atoms with Gasteiger partial charge in [-0.25, -0.2) is 0 Å². The average Bonchev–Trinajstić information content (AvgIpc) is 2.62. The molecule has 0 radical (unpaired) electrons. The molecule has 0 bridgehead atoms. The molecule has 0 aliphatic rings. The number of hydrazine groups is 2. The van der Waals surface area contributed by atoms with Crippen molar-refractivity contribution in [3.63, 3.8) is 0 Å². The molecule has 0 fully saturated rings. The summed E-state index contributed by atoms with van der Waals surface area (Å²) in [6, 6.07) is 0.130. The van der Waals surface area contributed by atoms with Crippen LogP contribution in [0.4, 0.5) is 0 Å². The highest BCUT2D eigenvalue weighted by molar-refractivity contribution is 7.81. The van der Waals surface area contributed by atoms with Crippen molar-refractivity contribution in [3.8, 4) is 0 Å². The normalized spacial score (nSPS) is 9.56. The van der Waals surface area contributed by atoms with Gasteiger partial charge in [0.1, 0.15) is 0 Å². The van der Waals surface area contributed by atoms with Crippen molar-refractivity contribution >= 4 is 69.3 Å². The van der Waals surface area contributed by atoms with Gasteiger partial charge in [-0.2, -0.15) is 0 Å². The molecule has 8 nitrogen and oxygen atoms in total. The second kappa shape index (κ2) is 17.1. The number of hydrogen-bond donors (Lipinski definition) is 8. The molecule has 1 unspecified atom stereocenters. The van der Waals surface area contributed by atoms with Crippen LogP contribution in [-0.2, 0) is 0 Å². The monoisotopic (exact) mass is 422 g/mol. The van der Waals surface area contributed by atoms with Crippen LogP contribution >= 0.6 is 48.9 Å². The lowest BCUT2D eigenvalue weighted by molar-refractivity contribution is 0.751. The molecule has 0 heterocycles. The molecule has 0 saturated carbocycles. The van der Waals surface area contributed by atoms with Gasteiger partial charge < -0.3 is 21.3 Å². The van der Waals surface area contributed by atoms with E-state index in [0.29, 0.717) is 27.0 Å². The van der Waals surface area contributed by atoms with Crippen molar-refractivity contribution in [3.05, 3.63) is 25.3 Å². The summed E-state index contributed by atoms with van der Waals surface area (Å²) in [5.41, 5.74) is 10.8. The number of hydrogen-bond acceptors (Lipinski definition) is 4. The van der Waals surface area contributed by atoms with E-state index in [9.17, 15) is 0 Å². The summed E-state index contributed by atoms with van der Waals surface area (Å²) in [6.07, 6.45) is 3.47. The van der Waals surface area contributed by atoms with E-state index in [0.717, 1.165) is 0 Å². The van der Waals surface area contributed by atoms with Gasteiger partial charge in [0.2, 0.25) is 0 Å². The van der Waals surface area contributed by atoms with Crippen LogP contribution in [0.15, 0.2) is 25.3 Å². The number of rotatable bonds is 4. The van der Waals surface area contributed by atoms with E-state index in [1.807, 2.05) is 6.92 Å². The highest BCUT2D eigenvalue weighted by Gasteiger charge is 1.98. The SMILES string of the molecule is C=CC(C)NC(=S)NNC(=S)NC.C=CCNC(=S)NNC(=S)NC. The maximum absolute atomic E-state index is 4.94. The van der Waals surface area contributed by atoms with Crippen LogP contribution < -0.4 is 43.0 Å². The lowest BCUT2D eigenvalue weighted by Crippen LogP contribution is -2.50. The average molecular weight is 423 g/mol. The first-order valence-corrected chi connectivity index (χ1v) is 8.73. The van der Waals surface area contributed by atoms with Crippen molar-refractivity contribution in [2.45, 2.75) is 13.0 Å². The molecule has 0 aromatic rings. The molecule has 0 aromatic heterocycles. The van der Waals surface area contributed by atoms with Crippen molar-refractivity contribution in [2.24, 2.45) is 0 Å². The Balaban J connectivity index is 0. The van der Waals surface area contributed by atoms with Gasteiger partial charge >= 0.3 is 0 Å². The summed E-state index contributed by atoms with van der Waals surface area (Å²) < 4.78 is 0. The lowest BCUT2D eigenvalue weighted by atomic mass is 10.3. The highest BCUT2D eigenvalue weighted by atomic mass is 32.1. The van der Waals surface area contributed by atoms with E-state index >= 15 is 0 Å². The topological polar surface area (TPSA) is 96.2 Å². The molecule has 25 heavy (non-hydrogen) atoms. The predicted octanol–water partition coefficient (Wildman–Crippen LogP) is -0.321. The van der Waals surface area contributed by atoms with Crippen LogP contribution in [0.5, 0.6) is 0 Å². The first kappa shape index (κ1) is 25.5. The molecule has 0 aromatic carbocycles. The zero-order valence-corrected chi connectivity index (χ0v) is 17.8. The molecule has 12 heteroatoms. The molecule has 0 saturated heterocycles. The number of nitrogens with one attached hydrogen (secondary N) is 8. The van der Waals surface area contributed by atoms with E-state index in [1.165, 1.54) is 0 Å². The van der Waals surface area contributed by atoms with Crippen LogP contribution in [-0.4, -0.2) is 47.1 Å². The van der Waals surface area contributed by atoms with Gasteiger partial charge in [-0.05, 0) is 55.8 Å². The van der Waals surface area contributed by atoms with Crippen LogP contribution in [0.1, 0.15) is 6.92 Å². The fraction of sp³-hybridized carbons (Fsp3) is 0.385. The van der Waals surface area contributed by atoms with Gasteiger partial charge in [0, 0.05) is 26.7 Å². The molecule has 0 aliphatic carbocycles. The largest absolute Gasteiger partial charge is 0.364 e. The third kappa shape index (κ3) is 18.4. The third-order valence-electron chi connectivity index (χ3n) is 2.15. The van der Waals surface area contributed by atoms with Gasteiger partial charge in [-0.1, -0.05) is 12.2 Å². The summed E-state index contributed by atoms with van der Waals surface area (Å²) in [4.78, 5) is 0. The Morgan fingerprint density at radius 1 is 0.840 bits per heavy atom. The zero-order chi connectivity index (χ0) is 19.7. The number of thiocarbonyl (C=S) groups is 4. The minimum atomic E-state index is 0.130. The van der Waals surface area contributed by atoms with Crippen molar-refractivity contribution in [1.82, 2.24) is 43.0 Å². The van der Waals surface area contributed by atoms with Crippen LogP contribution in [0, 0.1) is 0 Å². The van der Waals surface area contributed by atoms with E-state index in [1.54, 1.807) is 26.2 Å². The first-order valence-electron chi connectivity index (χ1n) is 7.09. The van der Waals surface area contributed by atoms with Crippen molar-refractivity contribution in [2.75, 3.05) is 20.6 Å². The van der Waals surface area contributed by atoms with E-state index < -0.39 is 0 Å². The molecule has 0 spiro atoms. The van der Waals surface area contributed by atoms with Crippen molar-refractivity contribution in [1.29, 1.82) is 0 Å². The van der Waals surface area contributed by atoms with E-state index in [-0.39, 0.29) is 6.04 Å². The second-order valence-electron chi connectivity index (χ2n) is 4.15. The maximum atomic E-state index is 4.94. The fourth-order valence-corrected chi connectivity index (χ4v) is 1.34. The Hall–Kier alpha value is -1.76. The standard InChI is InChI=1S/C7H14N4S2.C6H12N4S2/c1-4-5(2)9-7(13)11-10-6(12)8-3;1-3-4-8-6(12)10-9-5(11)7-2/h4-5H,1H2,2-3H3,(H2,8,10,12)(H2,9,11,13);3H,1,4H2,2H3,(H2,7,9,11)(H2,8,10,12). The van der Waals surface area contributed by atoms with E-state index in [4.69, 9.17) is 48.9 Å². The first-order chi connectivity index (χ1) is 11.8. The Morgan fingerprint density at radius 3 is 1.68 bits per heavy atom. The minimum absolute atomic E-state index is 0.130. The minimum Gasteiger partial charge on any atom is -0.364 e. The molecule has 0 amide bonds. The van der Waals surface area contributed by atoms with Crippen LogP contribution in [0.3, 0.4) is 0 Å². The molecule has 1 atom stereocenters.